The van der Waals surface area contributed by atoms with Crippen molar-refractivity contribution < 1.29 is 39.4 Å². The third-order valence-electron chi connectivity index (χ3n) is 10.9. The summed E-state index contributed by atoms with van der Waals surface area (Å²) in [5, 5.41) is 19.0. The molecule has 0 bridgehead atoms. The van der Waals surface area contributed by atoms with E-state index in [-0.39, 0.29) is 18.5 Å². The lowest BCUT2D eigenvalue weighted by molar-refractivity contribution is -0.310. The van der Waals surface area contributed by atoms with E-state index in [9.17, 15) is 14.7 Å². The van der Waals surface area contributed by atoms with Gasteiger partial charge in [0.25, 0.3) is 0 Å². The molecule has 2 N–H and O–H groups in total. The zero-order valence-corrected chi connectivity index (χ0v) is 25.2. The standard InChI is InChI=1S/C33H56O8/c34-32(35)31-21-27(19-25-10-5-2-6-11-25)13-15-30(31)33(36)38-16-7-17-40-41-23-28-14-12-26(20-29(28)22-39-37)18-24-8-3-1-4-9-24/h24-31,37H,1-23H2,(H,34,35). The van der Waals surface area contributed by atoms with Crippen molar-refractivity contribution >= 4 is 11.9 Å². The number of carboxylic acid groups (broad SMARTS) is 1. The fourth-order valence-electron chi connectivity index (χ4n) is 8.56. The van der Waals surface area contributed by atoms with Gasteiger partial charge < -0.3 is 9.84 Å². The molecule has 4 saturated carbocycles. The molecule has 236 valence electrons. The maximum Gasteiger partial charge on any atom is 0.309 e. The fraction of sp³-hybridized carbons (Fsp3) is 0.939. The lowest BCUT2D eigenvalue weighted by Crippen LogP contribution is -2.37. The second-order valence-corrected chi connectivity index (χ2v) is 13.8. The summed E-state index contributed by atoms with van der Waals surface area (Å²) in [6, 6.07) is 0. The number of hydrogen-bond acceptors (Lipinski definition) is 7. The molecule has 4 aliphatic carbocycles. The Bertz CT molecular complexity index is 762. The number of carbonyl (C=O) groups excluding carboxylic acids is 1. The third kappa shape index (κ3) is 10.8. The SMILES string of the molecule is O=C(O)C1CC(CC2CCCCC2)CCC1C(=O)OCCCOOCC1CCC(CC2CCCCC2)CC1COO. The summed E-state index contributed by atoms with van der Waals surface area (Å²) in [6.07, 6.45) is 21.7. The molecule has 6 unspecified atom stereocenters. The predicted octanol–water partition coefficient (Wildman–Crippen LogP) is 7.45. The smallest absolute Gasteiger partial charge is 0.309 e. The van der Waals surface area contributed by atoms with Crippen LogP contribution in [-0.2, 0) is 29.0 Å². The minimum Gasteiger partial charge on any atom is -0.481 e. The first-order chi connectivity index (χ1) is 20.0. The van der Waals surface area contributed by atoms with Gasteiger partial charge in [0.2, 0.25) is 0 Å². The third-order valence-corrected chi connectivity index (χ3v) is 10.9. The van der Waals surface area contributed by atoms with E-state index in [1.807, 2.05) is 0 Å². The molecule has 8 nitrogen and oxygen atoms in total. The highest BCUT2D eigenvalue weighted by Gasteiger charge is 2.41. The summed E-state index contributed by atoms with van der Waals surface area (Å²) in [7, 11) is 0. The molecule has 4 aliphatic rings. The zero-order chi connectivity index (χ0) is 28.9. The van der Waals surface area contributed by atoms with Gasteiger partial charge in [-0.05, 0) is 80.5 Å². The van der Waals surface area contributed by atoms with E-state index in [1.54, 1.807) is 0 Å². The van der Waals surface area contributed by atoms with Crippen molar-refractivity contribution in [2.75, 3.05) is 26.4 Å². The van der Waals surface area contributed by atoms with E-state index in [2.05, 4.69) is 4.89 Å². The minimum absolute atomic E-state index is 0.198. The van der Waals surface area contributed by atoms with Gasteiger partial charge >= 0.3 is 11.9 Å². The van der Waals surface area contributed by atoms with Crippen LogP contribution in [0.3, 0.4) is 0 Å². The van der Waals surface area contributed by atoms with E-state index in [0.717, 1.165) is 37.5 Å². The van der Waals surface area contributed by atoms with E-state index in [4.69, 9.17) is 19.8 Å². The van der Waals surface area contributed by atoms with E-state index >= 15 is 0 Å². The molecule has 8 heteroatoms. The van der Waals surface area contributed by atoms with Gasteiger partial charge in [0.15, 0.2) is 0 Å². The van der Waals surface area contributed by atoms with Gasteiger partial charge in [-0.1, -0.05) is 70.6 Å². The van der Waals surface area contributed by atoms with Crippen LogP contribution in [0, 0.1) is 47.3 Å². The Labute approximate surface area is 247 Å². The summed E-state index contributed by atoms with van der Waals surface area (Å²) in [5.41, 5.74) is 0. The molecule has 41 heavy (non-hydrogen) atoms. The van der Waals surface area contributed by atoms with Crippen LogP contribution < -0.4 is 0 Å². The number of aliphatic carboxylic acids is 1. The zero-order valence-electron chi connectivity index (χ0n) is 25.2. The van der Waals surface area contributed by atoms with Crippen molar-refractivity contribution in [1.29, 1.82) is 0 Å². The number of esters is 1. The minimum atomic E-state index is -0.870. The molecule has 0 spiro atoms. The number of carbonyl (C=O) groups is 2. The van der Waals surface area contributed by atoms with Crippen molar-refractivity contribution in [1.82, 2.24) is 0 Å². The molecule has 0 aromatic heterocycles. The van der Waals surface area contributed by atoms with Gasteiger partial charge in [0, 0.05) is 6.42 Å². The maximum atomic E-state index is 12.8. The summed E-state index contributed by atoms with van der Waals surface area (Å²) >= 11 is 0. The van der Waals surface area contributed by atoms with Crippen LogP contribution >= 0.6 is 0 Å². The van der Waals surface area contributed by atoms with Gasteiger partial charge in [0.1, 0.15) is 0 Å². The average molecular weight is 581 g/mol. The molecule has 0 heterocycles. The molecule has 0 saturated heterocycles. The molecule has 0 aliphatic heterocycles. The largest absolute Gasteiger partial charge is 0.481 e. The number of rotatable bonds is 15. The van der Waals surface area contributed by atoms with Crippen molar-refractivity contribution in [3.8, 4) is 0 Å². The Morgan fingerprint density at radius 2 is 1.24 bits per heavy atom. The van der Waals surface area contributed by atoms with Gasteiger partial charge in [-0.15, -0.1) is 0 Å². The van der Waals surface area contributed by atoms with Crippen molar-refractivity contribution in [2.45, 2.75) is 122 Å². The Kier molecular flexibility index (Phi) is 14.2. The fourth-order valence-corrected chi connectivity index (χ4v) is 8.56. The molecule has 6 atom stereocenters. The summed E-state index contributed by atoms with van der Waals surface area (Å²) < 4.78 is 5.48. The molecule has 4 rings (SSSR count). The first-order valence-electron chi connectivity index (χ1n) is 16.9. The van der Waals surface area contributed by atoms with E-state index < -0.39 is 17.8 Å². The quantitative estimate of drug-likeness (QED) is 0.0889. The molecular weight excluding hydrogens is 524 g/mol. The Morgan fingerprint density at radius 3 is 1.88 bits per heavy atom. The molecule has 0 aromatic rings. The Balaban J connectivity index is 1.08. The van der Waals surface area contributed by atoms with Crippen LogP contribution in [0.25, 0.3) is 0 Å². The molecule has 4 fully saturated rings. The molecule has 0 aromatic carbocycles. The average Bonchev–Trinajstić information content (AvgIpc) is 2.98. The second-order valence-electron chi connectivity index (χ2n) is 13.8. The molecular formula is C33H56O8. The molecule has 0 radical (unpaired) electrons. The van der Waals surface area contributed by atoms with Crippen LogP contribution in [0.5, 0.6) is 0 Å². The first-order valence-corrected chi connectivity index (χ1v) is 16.9. The summed E-state index contributed by atoms with van der Waals surface area (Å²) in [6.45, 7) is 1.31. The van der Waals surface area contributed by atoms with Crippen LogP contribution in [0.1, 0.15) is 122 Å². The normalized spacial score (nSPS) is 32.0. The van der Waals surface area contributed by atoms with Crippen LogP contribution in [-0.4, -0.2) is 48.7 Å². The number of hydrogen-bond donors (Lipinski definition) is 2. The van der Waals surface area contributed by atoms with Crippen LogP contribution in [0.4, 0.5) is 0 Å². The summed E-state index contributed by atoms with van der Waals surface area (Å²) in [5.74, 6) is 0.827. The number of ether oxygens (including phenoxy) is 1. The van der Waals surface area contributed by atoms with Gasteiger partial charge in [0.05, 0.1) is 38.3 Å². The highest BCUT2D eigenvalue weighted by molar-refractivity contribution is 5.81. The monoisotopic (exact) mass is 580 g/mol. The van der Waals surface area contributed by atoms with E-state index in [1.165, 1.54) is 77.0 Å². The highest BCUT2D eigenvalue weighted by atomic mass is 17.2. The van der Waals surface area contributed by atoms with Crippen LogP contribution in [0.15, 0.2) is 0 Å². The predicted molar refractivity (Wildman–Crippen MR) is 155 cm³/mol. The van der Waals surface area contributed by atoms with Gasteiger partial charge in [-0.25, -0.2) is 14.7 Å². The first kappa shape index (κ1) is 32.7. The van der Waals surface area contributed by atoms with Gasteiger partial charge in [-0.3, -0.25) is 14.8 Å². The van der Waals surface area contributed by atoms with E-state index in [0.29, 0.717) is 56.8 Å². The lowest BCUT2D eigenvalue weighted by atomic mass is 9.70. The second kappa shape index (κ2) is 17.8. The highest BCUT2D eigenvalue weighted by Crippen LogP contribution is 2.41. The van der Waals surface area contributed by atoms with Crippen molar-refractivity contribution in [3.63, 3.8) is 0 Å². The lowest BCUT2D eigenvalue weighted by Gasteiger charge is -2.37. The molecule has 0 amide bonds. The number of carboxylic acids is 1. The Hall–Kier alpha value is -1.22. The van der Waals surface area contributed by atoms with Crippen molar-refractivity contribution in [3.05, 3.63) is 0 Å². The topological polar surface area (TPSA) is 112 Å². The maximum absolute atomic E-state index is 12.8. The van der Waals surface area contributed by atoms with Crippen molar-refractivity contribution in [2.24, 2.45) is 47.3 Å². The van der Waals surface area contributed by atoms with Gasteiger partial charge in [-0.2, -0.15) is 0 Å². The van der Waals surface area contributed by atoms with Crippen LogP contribution in [0.2, 0.25) is 0 Å². The summed E-state index contributed by atoms with van der Waals surface area (Å²) in [4.78, 5) is 40.2. The Morgan fingerprint density at radius 1 is 0.610 bits per heavy atom.